The van der Waals surface area contributed by atoms with Gasteiger partial charge in [-0.05, 0) is 6.42 Å². The van der Waals surface area contributed by atoms with Gasteiger partial charge in [0.2, 0.25) is 0 Å². The van der Waals surface area contributed by atoms with Crippen LogP contribution in [0.4, 0.5) is 0 Å². The van der Waals surface area contributed by atoms with Gasteiger partial charge < -0.3 is 9.47 Å². The number of hydrogen-bond donors (Lipinski definition) is 0. The molecule has 110 valence electrons. The summed E-state index contributed by atoms with van der Waals surface area (Å²) in [5.74, 6) is -0.716. The van der Waals surface area contributed by atoms with Crippen molar-refractivity contribution < 1.29 is 19.1 Å². The summed E-state index contributed by atoms with van der Waals surface area (Å²) in [5, 5.41) is 0. The number of rotatable bonds is 12. The standard InChI is InChI=1S/C15H26O4/c1-3-5-6-7-8-9-10-11-15(17)19-13-12-18-14(16)4-2/h4H,2-3,5-13H2,1H3. The van der Waals surface area contributed by atoms with Crippen molar-refractivity contribution in [3.63, 3.8) is 0 Å². The van der Waals surface area contributed by atoms with Crippen molar-refractivity contribution in [1.82, 2.24) is 0 Å². The van der Waals surface area contributed by atoms with E-state index < -0.39 is 5.97 Å². The highest BCUT2D eigenvalue weighted by atomic mass is 16.6. The van der Waals surface area contributed by atoms with Crippen LogP contribution in [0.15, 0.2) is 12.7 Å². The van der Waals surface area contributed by atoms with Gasteiger partial charge in [-0.15, -0.1) is 0 Å². The summed E-state index contributed by atoms with van der Waals surface area (Å²) in [6.07, 6.45) is 9.75. The van der Waals surface area contributed by atoms with E-state index in [2.05, 4.69) is 18.2 Å². The number of carbonyl (C=O) groups is 2. The molecule has 0 aromatic rings. The molecule has 0 aliphatic heterocycles. The lowest BCUT2D eigenvalue weighted by molar-refractivity contribution is -0.149. The molecular formula is C15H26O4. The first-order valence-corrected chi connectivity index (χ1v) is 7.15. The van der Waals surface area contributed by atoms with Gasteiger partial charge in [-0.25, -0.2) is 4.79 Å². The second kappa shape index (κ2) is 13.1. The quantitative estimate of drug-likeness (QED) is 0.310. The minimum Gasteiger partial charge on any atom is -0.462 e. The molecular weight excluding hydrogens is 244 g/mol. The van der Waals surface area contributed by atoms with E-state index in [4.69, 9.17) is 4.74 Å². The van der Waals surface area contributed by atoms with Gasteiger partial charge in [0.25, 0.3) is 0 Å². The molecule has 0 aromatic heterocycles. The molecule has 0 heterocycles. The molecule has 0 saturated carbocycles. The summed E-state index contributed by atoms with van der Waals surface area (Å²) in [5.41, 5.74) is 0. The molecule has 0 N–H and O–H groups in total. The van der Waals surface area contributed by atoms with Gasteiger partial charge >= 0.3 is 11.9 Å². The molecule has 0 aliphatic carbocycles. The van der Waals surface area contributed by atoms with E-state index in [1.54, 1.807) is 0 Å². The largest absolute Gasteiger partial charge is 0.462 e. The van der Waals surface area contributed by atoms with Crippen LogP contribution >= 0.6 is 0 Å². The Labute approximate surface area is 116 Å². The Hall–Kier alpha value is -1.32. The third-order valence-corrected chi connectivity index (χ3v) is 2.74. The van der Waals surface area contributed by atoms with Crippen molar-refractivity contribution in [2.45, 2.75) is 58.3 Å². The zero-order chi connectivity index (χ0) is 14.3. The highest BCUT2D eigenvalue weighted by Gasteiger charge is 2.03. The molecule has 0 rings (SSSR count). The van der Waals surface area contributed by atoms with Crippen LogP contribution < -0.4 is 0 Å². The lowest BCUT2D eigenvalue weighted by Crippen LogP contribution is -2.12. The molecule has 0 bridgehead atoms. The molecule has 19 heavy (non-hydrogen) atoms. The maximum absolute atomic E-state index is 11.3. The van der Waals surface area contributed by atoms with Crippen LogP contribution in [-0.2, 0) is 19.1 Å². The van der Waals surface area contributed by atoms with Gasteiger partial charge in [-0.3, -0.25) is 4.79 Å². The summed E-state index contributed by atoms with van der Waals surface area (Å²) in [4.78, 5) is 22.0. The molecule has 0 aromatic carbocycles. The van der Waals surface area contributed by atoms with Gasteiger partial charge in [0.15, 0.2) is 0 Å². The van der Waals surface area contributed by atoms with Gasteiger partial charge in [0, 0.05) is 12.5 Å². The Kier molecular flexibility index (Phi) is 12.2. The van der Waals surface area contributed by atoms with Crippen LogP contribution in [0, 0.1) is 0 Å². The van der Waals surface area contributed by atoms with Gasteiger partial charge in [0.1, 0.15) is 13.2 Å². The zero-order valence-electron chi connectivity index (χ0n) is 12.0. The van der Waals surface area contributed by atoms with Crippen LogP contribution in [0.5, 0.6) is 0 Å². The maximum atomic E-state index is 11.3. The van der Waals surface area contributed by atoms with Crippen LogP contribution in [0.25, 0.3) is 0 Å². The molecule has 4 nitrogen and oxygen atoms in total. The van der Waals surface area contributed by atoms with E-state index in [1.807, 2.05) is 0 Å². The number of carbonyl (C=O) groups excluding carboxylic acids is 2. The van der Waals surface area contributed by atoms with Crippen molar-refractivity contribution in [1.29, 1.82) is 0 Å². The van der Waals surface area contributed by atoms with Crippen molar-refractivity contribution in [3.8, 4) is 0 Å². The summed E-state index contributed by atoms with van der Waals surface area (Å²) < 4.78 is 9.62. The van der Waals surface area contributed by atoms with E-state index in [9.17, 15) is 9.59 Å². The van der Waals surface area contributed by atoms with Crippen LogP contribution in [0.2, 0.25) is 0 Å². The fraction of sp³-hybridized carbons (Fsp3) is 0.733. The van der Waals surface area contributed by atoms with Crippen molar-refractivity contribution >= 4 is 11.9 Å². The van der Waals surface area contributed by atoms with Crippen LogP contribution in [0.3, 0.4) is 0 Å². The van der Waals surface area contributed by atoms with Gasteiger partial charge in [-0.1, -0.05) is 52.0 Å². The highest BCUT2D eigenvalue weighted by Crippen LogP contribution is 2.08. The Morgan fingerprint density at radius 2 is 1.53 bits per heavy atom. The Morgan fingerprint density at radius 1 is 0.947 bits per heavy atom. The summed E-state index contributed by atoms with van der Waals surface area (Å²) in [6.45, 7) is 5.68. The SMILES string of the molecule is C=CC(=O)OCCOC(=O)CCCCCCCCC. The number of hydrogen-bond acceptors (Lipinski definition) is 4. The van der Waals surface area contributed by atoms with Crippen LogP contribution in [0.1, 0.15) is 58.3 Å². The molecule has 0 radical (unpaired) electrons. The Balaban J connectivity index is 3.25. The Morgan fingerprint density at radius 3 is 2.16 bits per heavy atom. The molecule has 0 saturated heterocycles. The molecule has 0 aliphatic rings. The fourth-order valence-electron chi connectivity index (χ4n) is 1.66. The predicted molar refractivity (Wildman–Crippen MR) is 74.7 cm³/mol. The molecule has 0 unspecified atom stereocenters. The number of unbranched alkanes of at least 4 members (excludes halogenated alkanes) is 6. The van der Waals surface area contributed by atoms with E-state index in [0.717, 1.165) is 18.9 Å². The zero-order valence-corrected chi connectivity index (χ0v) is 12.0. The maximum Gasteiger partial charge on any atom is 0.330 e. The highest BCUT2D eigenvalue weighted by molar-refractivity contribution is 5.81. The topological polar surface area (TPSA) is 52.6 Å². The van der Waals surface area contributed by atoms with E-state index in [0.29, 0.717) is 6.42 Å². The molecule has 0 amide bonds. The first kappa shape index (κ1) is 17.7. The summed E-state index contributed by atoms with van der Waals surface area (Å²) in [6, 6.07) is 0. The lowest BCUT2D eigenvalue weighted by atomic mass is 10.1. The van der Waals surface area contributed by atoms with Gasteiger partial charge in [-0.2, -0.15) is 0 Å². The third kappa shape index (κ3) is 12.9. The minimum absolute atomic E-state index is 0.0909. The first-order chi connectivity index (χ1) is 9.20. The van der Waals surface area contributed by atoms with E-state index >= 15 is 0 Å². The fourth-order valence-corrected chi connectivity index (χ4v) is 1.66. The smallest absolute Gasteiger partial charge is 0.330 e. The second-order valence-electron chi connectivity index (χ2n) is 4.46. The molecule has 0 fully saturated rings. The summed E-state index contributed by atoms with van der Waals surface area (Å²) in [7, 11) is 0. The normalized spacial score (nSPS) is 9.95. The Bertz CT molecular complexity index is 261. The van der Waals surface area contributed by atoms with E-state index in [-0.39, 0.29) is 19.2 Å². The average molecular weight is 270 g/mol. The number of esters is 2. The number of ether oxygens (including phenoxy) is 2. The van der Waals surface area contributed by atoms with Crippen molar-refractivity contribution in [3.05, 3.63) is 12.7 Å². The van der Waals surface area contributed by atoms with Crippen molar-refractivity contribution in [2.75, 3.05) is 13.2 Å². The lowest BCUT2D eigenvalue weighted by Gasteiger charge is -2.05. The molecule has 0 spiro atoms. The summed E-state index contributed by atoms with van der Waals surface area (Å²) >= 11 is 0. The van der Waals surface area contributed by atoms with Gasteiger partial charge in [0.05, 0.1) is 0 Å². The average Bonchev–Trinajstić information content (AvgIpc) is 2.42. The van der Waals surface area contributed by atoms with E-state index in [1.165, 1.54) is 32.1 Å². The van der Waals surface area contributed by atoms with Crippen molar-refractivity contribution in [2.24, 2.45) is 0 Å². The predicted octanol–water partition coefficient (Wildman–Crippen LogP) is 3.40. The molecule has 4 heteroatoms. The molecule has 0 atom stereocenters. The third-order valence-electron chi connectivity index (χ3n) is 2.74. The minimum atomic E-state index is -0.497. The first-order valence-electron chi connectivity index (χ1n) is 7.15. The monoisotopic (exact) mass is 270 g/mol. The second-order valence-corrected chi connectivity index (χ2v) is 4.46. The van der Waals surface area contributed by atoms with Crippen LogP contribution in [-0.4, -0.2) is 25.2 Å².